The number of guanidine groups is 1. The summed E-state index contributed by atoms with van der Waals surface area (Å²) in [4.78, 5) is 10.5. The first-order valence-corrected chi connectivity index (χ1v) is 6.87. The van der Waals surface area contributed by atoms with Crippen molar-refractivity contribution >= 4 is 5.96 Å². The van der Waals surface area contributed by atoms with Gasteiger partial charge >= 0.3 is 0 Å². The van der Waals surface area contributed by atoms with Gasteiger partial charge in [0.15, 0.2) is 5.96 Å². The molecule has 0 fully saturated rings. The highest BCUT2D eigenvalue weighted by Gasteiger charge is 2.09. The molecule has 1 heterocycles. The van der Waals surface area contributed by atoms with Crippen molar-refractivity contribution < 1.29 is 0 Å². The van der Waals surface area contributed by atoms with E-state index in [0.29, 0.717) is 18.7 Å². The number of nitriles is 1. The lowest BCUT2D eigenvalue weighted by Crippen LogP contribution is -2.38. The normalized spacial score (nSPS) is 11.1. The first-order chi connectivity index (χ1) is 10.6. The number of aromatic nitrogens is 3. The fraction of sp³-hybridized carbons (Fsp3) is 0.333. The average molecular weight is 297 g/mol. The Morgan fingerprint density at radius 3 is 2.68 bits per heavy atom. The van der Waals surface area contributed by atoms with Gasteiger partial charge < -0.3 is 10.2 Å². The van der Waals surface area contributed by atoms with Gasteiger partial charge in [0.2, 0.25) is 0 Å². The van der Waals surface area contributed by atoms with Gasteiger partial charge in [-0.3, -0.25) is 9.67 Å². The third-order valence-electron chi connectivity index (χ3n) is 3.29. The number of hydrogen-bond acceptors (Lipinski definition) is 4. The molecule has 1 aromatic heterocycles. The molecule has 2 rings (SSSR count). The second-order valence-corrected chi connectivity index (χ2v) is 4.87. The zero-order valence-corrected chi connectivity index (χ0v) is 13.0. The summed E-state index contributed by atoms with van der Waals surface area (Å²) in [7, 11) is 5.56. The van der Waals surface area contributed by atoms with Crippen LogP contribution in [0.5, 0.6) is 0 Å². The fourth-order valence-electron chi connectivity index (χ4n) is 2.01. The second kappa shape index (κ2) is 7.22. The molecule has 0 aliphatic rings. The number of aryl methyl sites for hydroxylation is 1. The number of nitrogens with one attached hydrogen (secondary N) is 1. The summed E-state index contributed by atoms with van der Waals surface area (Å²) in [5, 5.41) is 16.1. The second-order valence-electron chi connectivity index (χ2n) is 4.87. The zero-order valence-electron chi connectivity index (χ0n) is 13.0. The minimum Gasteiger partial charge on any atom is -0.352 e. The maximum Gasteiger partial charge on any atom is 0.194 e. The molecule has 2 aromatic rings. The fourth-order valence-corrected chi connectivity index (χ4v) is 2.01. The minimum atomic E-state index is 0.615. The molecule has 7 nitrogen and oxygen atoms in total. The molecule has 1 N–H and O–H groups in total. The van der Waals surface area contributed by atoms with Crippen molar-refractivity contribution in [2.24, 2.45) is 12.0 Å². The van der Waals surface area contributed by atoms with Gasteiger partial charge in [0, 0.05) is 27.7 Å². The minimum absolute atomic E-state index is 0.615. The van der Waals surface area contributed by atoms with Crippen molar-refractivity contribution in [1.82, 2.24) is 25.0 Å². The van der Waals surface area contributed by atoms with Gasteiger partial charge in [-0.15, -0.1) is 0 Å². The first-order valence-electron chi connectivity index (χ1n) is 6.87. The number of rotatable bonds is 4. The van der Waals surface area contributed by atoms with E-state index in [1.807, 2.05) is 43.3 Å². The van der Waals surface area contributed by atoms with E-state index in [1.165, 1.54) is 6.33 Å². The number of benzene rings is 1. The van der Waals surface area contributed by atoms with Crippen molar-refractivity contribution in [2.75, 3.05) is 14.1 Å². The Morgan fingerprint density at radius 1 is 1.41 bits per heavy atom. The highest BCUT2D eigenvalue weighted by Crippen LogP contribution is 2.04. The van der Waals surface area contributed by atoms with E-state index in [0.717, 1.165) is 17.3 Å². The molecular formula is C15H19N7. The van der Waals surface area contributed by atoms with E-state index in [-0.39, 0.29) is 0 Å². The Bertz CT molecular complexity index is 679. The van der Waals surface area contributed by atoms with Crippen LogP contribution in [0.3, 0.4) is 0 Å². The number of nitrogens with zero attached hydrogens (tertiary/aromatic N) is 6. The quantitative estimate of drug-likeness (QED) is 0.669. The van der Waals surface area contributed by atoms with Gasteiger partial charge in [0.05, 0.1) is 18.2 Å². The van der Waals surface area contributed by atoms with Gasteiger partial charge in [0.1, 0.15) is 12.2 Å². The van der Waals surface area contributed by atoms with Crippen LogP contribution in [-0.2, 0) is 20.1 Å². The van der Waals surface area contributed by atoms with Crippen LogP contribution >= 0.6 is 0 Å². The maximum atomic E-state index is 8.80. The highest BCUT2D eigenvalue weighted by atomic mass is 15.4. The van der Waals surface area contributed by atoms with Crippen molar-refractivity contribution in [2.45, 2.75) is 13.1 Å². The largest absolute Gasteiger partial charge is 0.352 e. The molecule has 22 heavy (non-hydrogen) atoms. The standard InChI is InChI=1S/C15H19N7/c1-17-15(21(2)10-14-19-11-20-22(14)3)18-9-13-6-4-12(8-16)5-7-13/h4-7,11H,9-10H2,1-3H3,(H,17,18). The monoisotopic (exact) mass is 297 g/mol. The molecule has 114 valence electrons. The molecule has 0 aliphatic carbocycles. The molecule has 0 aliphatic heterocycles. The van der Waals surface area contributed by atoms with Crippen molar-refractivity contribution in [3.63, 3.8) is 0 Å². The lowest BCUT2D eigenvalue weighted by atomic mass is 10.1. The lowest BCUT2D eigenvalue weighted by molar-refractivity contribution is 0.448. The van der Waals surface area contributed by atoms with E-state index in [4.69, 9.17) is 5.26 Å². The highest BCUT2D eigenvalue weighted by molar-refractivity contribution is 5.79. The summed E-state index contributed by atoms with van der Waals surface area (Å²) in [6.45, 7) is 1.26. The van der Waals surface area contributed by atoms with E-state index < -0.39 is 0 Å². The first kappa shape index (κ1) is 15.5. The van der Waals surface area contributed by atoms with Crippen LogP contribution in [0.4, 0.5) is 0 Å². The SMILES string of the molecule is CN=C(NCc1ccc(C#N)cc1)N(C)Cc1ncnn1C. The van der Waals surface area contributed by atoms with Crippen LogP contribution in [0.15, 0.2) is 35.6 Å². The van der Waals surface area contributed by atoms with Crippen LogP contribution < -0.4 is 5.32 Å². The molecule has 0 bridgehead atoms. The predicted molar refractivity (Wildman–Crippen MR) is 83.8 cm³/mol. The third-order valence-corrected chi connectivity index (χ3v) is 3.29. The zero-order chi connectivity index (χ0) is 15.9. The summed E-state index contributed by atoms with van der Waals surface area (Å²) in [6.07, 6.45) is 1.54. The Balaban J connectivity index is 1.94. The van der Waals surface area contributed by atoms with Crippen molar-refractivity contribution in [3.8, 4) is 6.07 Å². The summed E-state index contributed by atoms with van der Waals surface area (Å²) in [6, 6.07) is 9.59. The molecule has 0 radical (unpaired) electrons. The Hall–Kier alpha value is -2.88. The lowest BCUT2D eigenvalue weighted by Gasteiger charge is -2.21. The number of aliphatic imine (C=N–C) groups is 1. The summed E-state index contributed by atoms with van der Waals surface area (Å²) < 4.78 is 1.74. The van der Waals surface area contributed by atoms with Crippen LogP contribution in [-0.4, -0.2) is 39.7 Å². The molecule has 0 amide bonds. The van der Waals surface area contributed by atoms with Gasteiger partial charge in [-0.2, -0.15) is 10.4 Å². The van der Waals surface area contributed by atoms with Crippen molar-refractivity contribution in [3.05, 3.63) is 47.5 Å². The van der Waals surface area contributed by atoms with Gasteiger partial charge in [0.25, 0.3) is 0 Å². The molecule has 0 unspecified atom stereocenters. The predicted octanol–water partition coefficient (Wildman–Crippen LogP) is 0.894. The molecule has 1 aromatic carbocycles. The average Bonchev–Trinajstić information content (AvgIpc) is 2.93. The molecule has 7 heteroatoms. The Morgan fingerprint density at radius 2 is 2.14 bits per heavy atom. The van der Waals surface area contributed by atoms with Crippen LogP contribution in [0, 0.1) is 11.3 Å². The van der Waals surface area contributed by atoms with E-state index in [9.17, 15) is 0 Å². The van der Waals surface area contributed by atoms with Gasteiger partial charge in [-0.1, -0.05) is 12.1 Å². The molecule has 0 saturated carbocycles. The summed E-state index contributed by atoms with van der Waals surface area (Å²) in [5.74, 6) is 1.64. The summed E-state index contributed by atoms with van der Waals surface area (Å²) >= 11 is 0. The summed E-state index contributed by atoms with van der Waals surface area (Å²) in [5.41, 5.74) is 1.75. The van der Waals surface area contributed by atoms with E-state index in [2.05, 4.69) is 26.5 Å². The number of hydrogen-bond donors (Lipinski definition) is 1. The van der Waals surface area contributed by atoms with Crippen molar-refractivity contribution in [1.29, 1.82) is 5.26 Å². The van der Waals surface area contributed by atoms with Gasteiger partial charge in [-0.25, -0.2) is 4.98 Å². The van der Waals surface area contributed by atoms with Gasteiger partial charge in [-0.05, 0) is 17.7 Å². The van der Waals surface area contributed by atoms with Crippen LogP contribution in [0.25, 0.3) is 0 Å². The third kappa shape index (κ3) is 3.82. The van der Waals surface area contributed by atoms with Crippen LogP contribution in [0.1, 0.15) is 17.0 Å². The Kier molecular flexibility index (Phi) is 5.09. The molecular weight excluding hydrogens is 278 g/mol. The molecule has 0 saturated heterocycles. The smallest absolute Gasteiger partial charge is 0.194 e. The van der Waals surface area contributed by atoms with E-state index >= 15 is 0 Å². The molecule has 0 atom stereocenters. The van der Waals surface area contributed by atoms with Crippen LogP contribution in [0.2, 0.25) is 0 Å². The van der Waals surface area contributed by atoms with E-state index in [1.54, 1.807) is 11.7 Å². The Labute approximate surface area is 129 Å². The topological polar surface area (TPSA) is 82.1 Å². The molecule has 0 spiro atoms. The maximum absolute atomic E-state index is 8.80.